The minimum atomic E-state index is -3.63. The van der Waals surface area contributed by atoms with Crippen molar-refractivity contribution in [2.45, 2.75) is 4.90 Å². The molecule has 0 aliphatic heterocycles. The number of amides is 1. The molecule has 0 radical (unpaired) electrons. The van der Waals surface area contributed by atoms with E-state index in [9.17, 15) is 13.2 Å². The number of benzene rings is 2. The Morgan fingerprint density at radius 1 is 1.07 bits per heavy atom. The summed E-state index contributed by atoms with van der Waals surface area (Å²) in [6, 6.07) is 9.69. The second kappa shape index (κ2) is 8.96. The molecule has 6 nitrogen and oxygen atoms in total. The Morgan fingerprint density at radius 2 is 1.75 bits per heavy atom. The monoisotopic (exact) mass is 441 g/mol. The quantitative estimate of drug-likeness (QED) is 0.688. The predicted molar refractivity (Wildman–Crippen MR) is 116 cm³/mol. The smallest absolute Gasteiger partial charge is 0.248 e. The molecule has 2 aromatic rings. The molecular weight excluding hydrogens is 421 g/mol. The van der Waals surface area contributed by atoms with E-state index in [4.69, 9.17) is 23.2 Å². The maximum absolute atomic E-state index is 12.4. The largest absolute Gasteiger partial charge is 0.376 e. The second-order valence-electron chi connectivity index (χ2n) is 6.33. The fourth-order valence-corrected chi connectivity index (χ4v) is 3.66. The standard InChI is InChI=1S/C19H21Cl2N3O3S/c1-23(2)17-10-9-14(28(26,27)24(3)4)12-16(17)22-18(25)11-8-13-6-5-7-15(20)19(13)21/h5-12H,1-4H3,(H,22,25)/b11-8+. The van der Waals surface area contributed by atoms with Crippen LogP contribution in [0.5, 0.6) is 0 Å². The van der Waals surface area contributed by atoms with E-state index < -0.39 is 15.9 Å². The van der Waals surface area contributed by atoms with Crippen molar-refractivity contribution in [1.82, 2.24) is 4.31 Å². The van der Waals surface area contributed by atoms with Crippen LogP contribution in [0.1, 0.15) is 5.56 Å². The molecule has 0 aliphatic carbocycles. The third-order valence-corrected chi connectivity index (χ3v) is 6.53. The number of halogens is 2. The number of hydrogen-bond donors (Lipinski definition) is 1. The summed E-state index contributed by atoms with van der Waals surface area (Å²) in [7, 11) is 2.87. The van der Waals surface area contributed by atoms with Crippen LogP contribution in [-0.2, 0) is 14.8 Å². The van der Waals surface area contributed by atoms with Crippen LogP contribution in [0.3, 0.4) is 0 Å². The zero-order chi connectivity index (χ0) is 21.1. The minimum absolute atomic E-state index is 0.0836. The Balaban J connectivity index is 2.34. The number of hydrogen-bond acceptors (Lipinski definition) is 4. The van der Waals surface area contributed by atoms with E-state index in [0.717, 1.165) is 4.31 Å². The summed E-state index contributed by atoms with van der Waals surface area (Å²) in [5.41, 5.74) is 1.64. The van der Waals surface area contributed by atoms with Crippen molar-refractivity contribution in [3.8, 4) is 0 Å². The third-order valence-electron chi connectivity index (χ3n) is 3.88. The van der Waals surface area contributed by atoms with E-state index in [1.165, 1.54) is 32.3 Å². The van der Waals surface area contributed by atoms with Gasteiger partial charge in [0.2, 0.25) is 15.9 Å². The average molecular weight is 442 g/mol. The van der Waals surface area contributed by atoms with Gasteiger partial charge < -0.3 is 10.2 Å². The van der Waals surface area contributed by atoms with Gasteiger partial charge in [0.1, 0.15) is 0 Å². The van der Waals surface area contributed by atoms with Gasteiger partial charge in [0.25, 0.3) is 0 Å². The van der Waals surface area contributed by atoms with Crippen molar-refractivity contribution >= 4 is 56.6 Å². The van der Waals surface area contributed by atoms with Crippen molar-refractivity contribution < 1.29 is 13.2 Å². The van der Waals surface area contributed by atoms with Crippen LogP contribution in [-0.4, -0.2) is 46.8 Å². The zero-order valence-electron chi connectivity index (χ0n) is 15.9. The van der Waals surface area contributed by atoms with Crippen molar-refractivity contribution in [3.63, 3.8) is 0 Å². The van der Waals surface area contributed by atoms with Crippen LogP contribution < -0.4 is 10.2 Å². The maximum atomic E-state index is 12.4. The molecule has 0 aliphatic rings. The van der Waals surface area contributed by atoms with Gasteiger partial charge in [0, 0.05) is 34.3 Å². The Kier molecular flexibility index (Phi) is 7.11. The SMILES string of the molecule is CN(C)c1ccc(S(=O)(=O)N(C)C)cc1NC(=O)/C=C/c1cccc(Cl)c1Cl. The normalized spacial score (nSPS) is 11.8. The van der Waals surface area contributed by atoms with Gasteiger partial charge in [-0.3, -0.25) is 4.79 Å². The Bertz CT molecular complexity index is 1020. The van der Waals surface area contributed by atoms with Gasteiger partial charge >= 0.3 is 0 Å². The average Bonchev–Trinajstić information content (AvgIpc) is 2.62. The first-order valence-corrected chi connectivity index (χ1v) is 10.4. The van der Waals surface area contributed by atoms with Crippen LogP contribution in [0, 0.1) is 0 Å². The molecule has 0 spiro atoms. The number of nitrogens with one attached hydrogen (secondary N) is 1. The highest BCUT2D eigenvalue weighted by Gasteiger charge is 2.19. The molecule has 1 amide bonds. The first-order chi connectivity index (χ1) is 13.0. The summed E-state index contributed by atoms with van der Waals surface area (Å²) in [4.78, 5) is 14.3. The van der Waals surface area contributed by atoms with Gasteiger partial charge in [-0.2, -0.15) is 0 Å². The summed E-state index contributed by atoms with van der Waals surface area (Å²) in [6.45, 7) is 0. The highest BCUT2D eigenvalue weighted by Crippen LogP contribution is 2.29. The fourth-order valence-electron chi connectivity index (χ4n) is 2.37. The second-order valence-corrected chi connectivity index (χ2v) is 9.26. The summed E-state index contributed by atoms with van der Waals surface area (Å²) in [5.74, 6) is -0.432. The van der Waals surface area contributed by atoms with E-state index in [1.54, 1.807) is 49.3 Å². The van der Waals surface area contributed by atoms with Crippen molar-refractivity contribution in [3.05, 3.63) is 58.1 Å². The van der Waals surface area contributed by atoms with Crippen LogP contribution >= 0.6 is 23.2 Å². The molecule has 0 fully saturated rings. The lowest BCUT2D eigenvalue weighted by atomic mass is 10.2. The zero-order valence-corrected chi connectivity index (χ0v) is 18.2. The molecule has 28 heavy (non-hydrogen) atoms. The molecule has 0 heterocycles. The maximum Gasteiger partial charge on any atom is 0.248 e. The van der Waals surface area contributed by atoms with Gasteiger partial charge in [-0.05, 0) is 35.9 Å². The Hall–Kier alpha value is -2.06. The van der Waals surface area contributed by atoms with E-state index in [1.807, 2.05) is 0 Å². The molecule has 0 aromatic heterocycles. The predicted octanol–water partition coefficient (Wildman–Crippen LogP) is 3.96. The number of anilines is 2. The summed E-state index contributed by atoms with van der Waals surface area (Å²) < 4.78 is 25.9. The molecule has 150 valence electrons. The molecule has 0 bridgehead atoms. The lowest BCUT2D eigenvalue weighted by Gasteiger charge is -2.19. The first-order valence-electron chi connectivity index (χ1n) is 8.21. The summed E-state index contributed by atoms with van der Waals surface area (Å²) in [6.07, 6.45) is 2.85. The van der Waals surface area contributed by atoms with E-state index >= 15 is 0 Å². The molecule has 9 heteroatoms. The van der Waals surface area contributed by atoms with E-state index in [-0.39, 0.29) is 4.90 Å². The lowest BCUT2D eigenvalue weighted by molar-refractivity contribution is -0.111. The van der Waals surface area contributed by atoms with Gasteiger partial charge in [0.05, 0.1) is 26.3 Å². The Labute approximate surface area is 175 Å². The summed E-state index contributed by atoms with van der Waals surface area (Å²) >= 11 is 12.1. The van der Waals surface area contributed by atoms with Gasteiger partial charge in [-0.25, -0.2) is 12.7 Å². The van der Waals surface area contributed by atoms with Crippen LogP contribution in [0.15, 0.2) is 47.4 Å². The highest BCUT2D eigenvalue weighted by molar-refractivity contribution is 7.89. The van der Waals surface area contributed by atoms with Crippen LogP contribution in [0.4, 0.5) is 11.4 Å². The molecule has 2 aromatic carbocycles. The number of nitrogens with zero attached hydrogens (tertiary/aromatic N) is 2. The molecule has 0 saturated carbocycles. The highest BCUT2D eigenvalue weighted by atomic mass is 35.5. The van der Waals surface area contributed by atoms with Gasteiger partial charge in [0.15, 0.2) is 0 Å². The third kappa shape index (κ3) is 5.05. The molecule has 2 rings (SSSR count). The molecule has 0 saturated heterocycles. The van der Waals surface area contributed by atoms with E-state index in [2.05, 4.69) is 5.32 Å². The lowest BCUT2D eigenvalue weighted by Crippen LogP contribution is -2.23. The topological polar surface area (TPSA) is 69.7 Å². The molecule has 1 N–H and O–H groups in total. The molecule has 0 unspecified atom stereocenters. The number of carbonyl (C=O) groups is 1. The van der Waals surface area contributed by atoms with Crippen LogP contribution in [0.25, 0.3) is 6.08 Å². The van der Waals surface area contributed by atoms with Gasteiger partial charge in [-0.15, -0.1) is 0 Å². The first kappa shape index (κ1) is 22.2. The number of sulfonamides is 1. The summed E-state index contributed by atoms with van der Waals surface area (Å²) in [5, 5.41) is 3.46. The van der Waals surface area contributed by atoms with Gasteiger partial charge in [-0.1, -0.05) is 35.3 Å². The van der Waals surface area contributed by atoms with Crippen molar-refractivity contribution in [2.75, 3.05) is 38.4 Å². The molecular formula is C19H21Cl2N3O3S. The fraction of sp³-hybridized carbons (Fsp3) is 0.211. The van der Waals surface area contributed by atoms with Crippen molar-refractivity contribution in [1.29, 1.82) is 0 Å². The minimum Gasteiger partial charge on any atom is -0.376 e. The Morgan fingerprint density at radius 3 is 2.36 bits per heavy atom. The number of rotatable bonds is 6. The van der Waals surface area contributed by atoms with E-state index in [0.29, 0.717) is 27.0 Å². The van der Waals surface area contributed by atoms with Crippen molar-refractivity contribution in [2.24, 2.45) is 0 Å². The van der Waals surface area contributed by atoms with Crippen LogP contribution in [0.2, 0.25) is 10.0 Å². The molecule has 0 atom stereocenters. The number of carbonyl (C=O) groups excluding carboxylic acids is 1.